The van der Waals surface area contributed by atoms with Gasteiger partial charge in [0.2, 0.25) is 5.91 Å². The van der Waals surface area contributed by atoms with Crippen molar-refractivity contribution in [1.29, 1.82) is 0 Å². The number of hydrogen-bond donors (Lipinski definition) is 4. The highest BCUT2D eigenvalue weighted by Gasteiger charge is 2.28. The standard InChI is InChI=1S/C45H86NO10P/c1-3-5-7-9-11-13-15-17-19-21-23-25-27-29-31-33-35-37-44(49)54-38-41(47)39-55-57(52,53)56-40-42(45(50)51)46-43(48)36-34-32-30-28-26-24-22-20-18-16-14-12-10-8-6-4-2/h20,22,41-42,47H,3-19,21,23-40H2,1-2H3,(H,46,48)(H,50,51)(H,52,53)/b22-20-. The number of phosphoric ester groups is 1. The number of aliphatic hydroxyl groups is 1. The molecule has 4 N–H and O–H groups in total. The Bertz CT molecular complexity index is 1030. The number of esters is 1. The molecule has 0 bridgehead atoms. The van der Waals surface area contributed by atoms with Gasteiger partial charge in [-0.25, -0.2) is 9.36 Å². The molecule has 0 aromatic heterocycles. The highest BCUT2D eigenvalue weighted by molar-refractivity contribution is 7.47. The molecular formula is C45H86NO10P. The van der Waals surface area contributed by atoms with Crippen molar-refractivity contribution >= 4 is 25.7 Å². The lowest BCUT2D eigenvalue weighted by Gasteiger charge is -2.18. The van der Waals surface area contributed by atoms with Crippen molar-refractivity contribution in [2.75, 3.05) is 19.8 Å². The lowest BCUT2D eigenvalue weighted by atomic mass is 10.0. The first-order valence-corrected chi connectivity index (χ1v) is 24.7. The van der Waals surface area contributed by atoms with Crippen molar-refractivity contribution in [2.24, 2.45) is 0 Å². The van der Waals surface area contributed by atoms with E-state index in [4.69, 9.17) is 13.8 Å². The van der Waals surface area contributed by atoms with E-state index in [0.29, 0.717) is 12.8 Å². The Morgan fingerprint density at radius 3 is 1.33 bits per heavy atom. The molecule has 0 spiro atoms. The van der Waals surface area contributed by atoms with Gasteiger partial charge in [-0.2, -0.15) is 0 Å². The number of allylic oxidation sites excluding steroid dienone is 2. The molecule has 0 aliphatic rings. The van der Waals surface area contributed by atoms with Crippen LogP contribution in [0.15, 0.2) is 12.2 Å². The number of nitrogens with one attached hydrogen (secondary N) is 1. The summed E-state index contributed by atoms with van der Waals surface area (Å²) in [6.45, 7) is 2.61. The Balaban J connectivity index is 3.86. The molecular weight excluding hydrogens is 745 g/mol. The van der Waals surface area contributed by atoms with Gasteiger partial charge in [0.05, 0.1) is 13.2 Å². The van der Waals surface area contributed by atoms with Gasteiger partial charge < -0.3 is 25.2 Å². The zero-order valence-electron chi connectivity index (χ0n) is 36.4. The quantitative estimate of drug-likeness (QED) is 0.0201. The zero-order valence-corrected chi connectivity index (χ0v) is 37.3. The summed E-state index contributed by atoms with van der Waals surface area (Å²) in [6.07, 6.45) is 40.9. The van der Waals surface area contributed by atoms with Crippen molar-refractivity contribution in [3.05, 3.63) is 12.2 Å². The Morgan fingerprint density at radius 1 is 0.544 bits per heavy atom. The number of hydrogen-bond acceptors (Lipinski definition) is 8. The van der Waals surface area contributed by atoms with E-state index in [1.165, 1.54) is 128 Å². The third-order valence-electron chi connectivity index (χ3n) is 10.3. The second kappa shape index (κ2) is 41.0. The van der Waals surface area contributed by atoms with Gasteiger partial charge in [0.15, 0.2) is 6.04 Å². The topological polar surface area (TPSA) is 169 Å². The maximum atomic E-state index is 12.3. The van der Waals surface area contributed by atoms with E-state index in [0.717, 1.165) is 57.8 Å². The molecule has 0 heterocycles. The molecule has 57 heavy (non-hydrogen) atoms. The van der Waals surface area contributed by atoms with Crippen LogP contribution in [0.25, 0.3) is 0 Å². The van der Waals surface area contributed by atoms with Crippen LogP contribution < -0.4 is 5.32 Å². The molecule has 1 amide bonds. The number of amides is 1. The maximum Gasteiger partial charge on any atom is 0.472 e. The summed E-state index contributed by atoms with van der Waals surface area (Å²) in [5.41, 5.74) is 0. The lowest BCUT2D eigenvalue weighted by Crippen LogP contribution is -2.43. The van der Waals surface area contributed by atoms with Crippen LogP contribution in [0.2, 0.25) is 0 Å². The summed E-state index contributed by atoms with van der Waals surface area (Å²) < 4.78 is 26.9. The Kier molecular flexibility index (Phi) is 39.7. The summed E-state index contributed by atoms with van der Waals surface area (Å²) in [6, 6.07) is -1.55. The van der Waals surface area contributed by atoms with Gasteiger partial charge in [-0.15, -0.1) is 0 Å². The van der Waals surface area contributed by atoms with Crippen molar-refractivity contribution in [3.63, 3.8) is 0 Å². The number of aliphatic hydroxyl groups excluding tert-OH is 1. The van der Waals surface area contributed by atoms with Crippen molar-refractivity contribution in [1.82, 2.24) is 5.32 Å². The summed E-state index contributed by atoms with van der Waals surface area (Å²) in [5, 5.41) is 21.8. The molecule has 0 saturated carbocycles. The molecule has 0 rings (SSSR count). The van der Waals surface area contributed by atoms with Gasteiger partial charge in [-0.1, -0.05) is 187 Å². The van der Waals surface area contributed by atoms with E-state index in [9.17, 15) is 34.1 Å². The van der Waals surface area contributed by atoms with E-state index in [2.05, 4.69) is 31.3 Å². The van der Waals surface area contributed by atoms with Gasteiger partial charge >= 0.3 is 19.8 Å². The predicted octanol–water partition coefficient (Wildman–Crippen LogP) is 12.1. The average Bonchev–Trinajstić information content (AvgIpc) is 3.18. The summed E-state index contributed by atoms with van der Waals surface area (Å²) >= 11 is 0. The van der Waals surface area contributed by atoms with Crippen LogP contribution in [0.5, 0.6) is 0 Å². The Morgan fingerprint density at radius 2 is 0.912 bits per heavy atom. The second-order valence-corrected chi connectivity index (χ2v) is 17.4. The zero-order chi connectivity index (χ0) is 42.1. The van der Waals surface area contributed by atoms with Crippen LogP contribution >= 0.6 is 7.82 Å². The molecule has 12 heteroatoms. The minimum Gasteiger partial charge on any atom is -0.480 e. The summed E-state index contributed by atoms with van der Waals surface area (Å²) in [7, 11) is -4.75. The fourth-order valence-electron chi connectivity index (χ4n) is 6.66. The molecule has 0 radical (unpaired) electrons. The normalized spacial score (nSPS) is 13.8. The molecule has 0 saturated heterocycles. The third-order valence-corrected chi connectivity index (χ3v) is 11.3. The number of carbonyl (C=O) groups is 3. The minimum atomic E-state index is -4.75. The van der Waals surface area contributed by atoms with Gasteiger partial charge in [-0.05, 0) is 38.5 Å². The van der Waals surface area contributed by atoms with Crippen LogP contribution in [0.3, 0.4) is 0 Å². The van der Waals surface area contributed by atoms with Gasteiger partial charge in [0, 0.05) is 12.8 Å². The molecule has 0 fully saturated rings. The lowest BCUT2D eigenvalue weighted by molar-refractivity contribution is -0.147. The van der Waals surface area contributed by atoms with Crippen molar-refractivity contribution in [3.8, 4) is 0 Å². The number of unbranched alkanes of at least 4 members (excludes halogenated alkanes) is 28. The van der Waals surface area contributed by atoms with Crippen LogP contribution in [0.4, 0.5) is 0 Å². The predicted molar refractivity (Wildman–Crippen MR) is 231 cm³/mol. The SMILES string of the molecule is CCCCCCCCC/C=C\CCCCCCCC(=O)NC(COP(=O)(O)OCC(O)COC(=O)CCCCCCCCCCCCCCCCCCC)C(=O)O. The molecule has 11 nitrogen and oxygen atoms in total. The highest BCUT2D eigenvalue weighted by atomic mass is 31.2. The Labute approximate surface area is 347 Å². The molecule has 0 aliphatic carbocycles. The first-order valence-electron chi connectivity index (χ1n) is 23.2. The third kappa shape index (κ3) is 40.8. The molecule has 3 unspecified atom stereocenters. The molecule has 0 aliphatic heterocycles. The monoisotopic (exact) mass is 832 g/mol. The number of carbonyl (C=O) groups excluding carboxylic acids is 2. The highest BCUT2D eigenvalue weighted by Crippen LogP contribution is 2.43. The van der Waals surface area contributed by atoms with E-state index < -0.39 is 57.6 Å². The van der Waals surface area contributed by atoms with Crippen LogP contribution in [0.1, 0.15) is 226 Å². The second-order valence-electron chi connectivity index (χ2n) is 15.9. The van der Waals surface area contributed by atoms with Gasteiger partial charge in [-0.3, -0.25) is 18.6 Å². The average molecular weight is 832 g/mol. The molecule has 0 aromatic rings. The van der Waals surface area contributed by atoms with E-state index in [-0.39, 0.29) is 12.8 Å². The van der Waals surface area contributed by atoms with E-state index in [1.807, 2.05) is 0 Å². The summed E-state index contributed by atoms with van der Waals surface area (Å²) in [5.74, 6) is -2.37. The smallest absolute Gasteiger partial charge is 0.472 e. The van der Waals surface area contributed by atoms with E-state index >= 15 is 0 Å². The number of carboxylic acid groups (broad SMARTS) is 1. The number of aliphatic carboxylic acids is 1. The molecule has 0 aromatic carbocycles. The number of ether oxygens (including phenoxy) is 1. The van der Waals surface area contributed by atoms with Gasteiger partial charge in [0.1, 0.15) is 12.7 Å². The van der Waals surface area contributed by atoms with Crippen molar-refractivity contribution in [2.45, 2.75) is 238 Å². The Hall–Kier alpha value is -1.78. The molecule has 3 atom stereocenters. The first kappa shape index (κ1) is 55.2. The van der Waals surface area contributed by atoms with Crippen LogP contribution in [-0.4, -0.2) is 64.9 Å². The van der Waals surface area contributed by atoms with E-state index in [1.54, 1.807) is 0 Å². The van der Waals surface area contributed by atoms with Crippen LogP contribution in [0, 0.1) is 0 Å². The fraction of sp³-hybridized carbons (Fsp3) is 0.889. The number of phosphoric acid groups is 1. The minimum absolute atomic E-state index is 0.139. The number of carboxylic acids is 1. The van der Waals surface area contributed by atoms with Gasteiger partial charge in [0.25, 0.3) is 0 Å². The molecule has 336 valence electrons. The fourth-order valence-corrected chi connectivity index (χ4v) is 7.44. The van der Waals surface area contributed by atoms with Crippen molar-refractivity contribution < 1.29 is 47.8 Å². The summed E-state index contributed by atoms with van der Waals surface area (Å²) in [4.78, 5) is 45.9. The van der Waals surface area contributed by atoms with Crippen LogP contribution in [-0.2, 0) is 32.7 Å². The number of rotatable bonds is 44. The first-order chi connectivity index (χ1) is 27.6. The maximum absolute atomic E-state index is 12.3. The largest absolute Gasteiger partial charge is 0.480 e.